The van der Waals surface area contributed by atoms with Gasteiger partial charge in [0.05, 0.1) is 17.0 Å². The Labute approximate surface area is 267 Å². The van der Waals surface area contributed by atoms with Gasteiger partial charge in [-0.2, -0.15) is 0 Å². The molecule has 226 valence electrons. The SMILES string of the molecule is CC(C)CNC(=O)C(Cc1ccccc1)N(Cc1ccc(Br)cc1)C(=O)CCCN(c1cc(Cl)ccc1Cl)S(C)(=O)=O. The number of benzene rings is 3. The maximum Gasteiger partial charge on any atom is 0.243 e. The molecule has 3 aromatic rings. The van der Waals surface area contributed by atoms with Crippen LogP contribution in [-0.2, 0) is 32.6 Å². The standard InChI is InChI=1S/C31H36BrCl2N3O4S/c1-22(2)20-35-31(39)29(18-23-8-5-4-6-9-23)36(21-24-11-13-25(32)14-12-24)30(38)10-7-17-37(42(3,40)41)28-19-26(33)15-16-27(28)34/h4-6,8-9,11-16,19,22,29H,7,10,17-18,20-21H2,1-3H3,(H,35,39). The molecule has 0 bridgehead atoms. The van der Waals surface area contributed by atoms with E-state index >= 15 is 0 Å². The van der Waals surface area contributed by atoms with Crippen molar-refractivity contribution in [1.29, 1.82) is 0 Å². The van der Waals surface area contributed by atoms with Crippen LogP contribution in [-0.4, -0.2) is 50.5 Å². The van der Waals surface area contributed by atoms with E-state index in [1.807, 2.05) is 68.4 Å². The van der Waals surface area contributed by atoms with Crippen LogP contribution in [0.1, 0.15) is 37.8 Å². The Kier molecular flexibility index (Phi) is 12.7. The summed E-state index contributed by atoms with van der Waals surface area (Å²) in [6, 6.07) is 21.0. The number of rotatable bonds is 14. The summed E-state index contributed by atoms with van der Waals surface area (Å²) in [6.07, 6.45) is 1.64. The molecule has 0 heterocycles. The Morgan fingerprint density at radius 1 is 0.952 bits per heavy atom. The molecule has 11 heteroatoms. The normalized spacial score (nSPS) is 12.2. The number of amides is 2. The molecule has 1 unspecified atom stereocenters. The molecular formula is C31H36BrCl2N3O4S. The van der Waals surface area contributed by atoms with Gasteiger partial charge >= 0.3 is 0 Å². The Morgan fingerprint density at radius 2 is 1.62 bits per heavy atom. The molecule has 0 radical (unpaired) electrons. The van der Waals surface area contributed by atoms with Crippen molar-refractivity contribution in [3.05, 3.63) is 98.4 Å². The summed E-state index contributed by atoms with van der Waals surface area (Å²) >= 11 is 15.9. The van der Waals surface area contributed by atoms with Crippen molar-refractivity contribution in [3.63, 3.8) is 0 Å². The topological polar surface area (TPSA) is 86.8 Å². The molecule has 3 aromatic carbocycles. The van der Waals surface area contributed by atoms with E-state index in [-0.39, 0.29) is 54.4 Å². The van der Waals surface area contributed by atoms with Crippen LogP contribution in [0, 0.1) is 5.92 Å². The van der Waals surface area contributed by atoms with E-state index in [2.05, 4.69) is 21.2 Å². The smallest absolute Gasteiger partial charge is 0.243 e. The first-order chi connectivity index (χ1) is 19.8. The van der Waals surface area contributed by atoms with Gasteiger partial charge in [0.15, 0.2) is 0 Å². The fraction of sp³-hybridized carbons (Fsp3) is 0.355. The second-order valence-electron chi connectivity index (χ2n) is 10.5. The van der Waals surface area contributed by atoms with Crippen LogP contribution >= 0.6 is 39.1 Å². The summed E-state index contributed by atoms with van der Waals surface area (Å²) in [6.45, 7) is 4.73. The molecule has 7 nitrogen and oxygen atoms in total. The van der Waals surface area contributed by atoms with Crippen molar-refractivity contribution >= 4 is 66.7 Å². The molecule has 0 aromatic heterocycles. The van der Waals surface area contributed by atoms with E-state index in [0.717, 1.165) is 26.2 Å². The average molecular weight is 698 g/mol. The van der Waals surface area contributed by atoms with E-state index in [4.69, 9.17) is 23.2 Å². The van der Waals surface area contributed by atoms with Gasteiger partial charge in [0.2, 0.25) is 21.8 Å². The van der Waals surface area contributed by atoms with Crippen LogP contribution in [0.5, 0.6) is 0 Å². The van der Waals surface area contributed by atoms with Crippen molar-refractivity contribution in [2.45, 2.75) is 45.7 Å². The zero-order valence-corrected chi connectivity index (χ0v) is 27.8. The number of nitrogens with one attached hydrogen (secondary N) is 1. The molecule has 0 aliphatic carbocycles. The van der Waals surface area contributed by atoms with Gasteiger partial charge < -0.3 is 10.2 Å². The number of sulfonamides is 1. The van der Waals surface area contributed by atoms with Crippen LogP contribution in [0.4, 0.5) is 5.69 Å². The number of carbonyl (C=O) groups excluding carboxylic acids is 2. The Morgan fingerprint density at radius 3 is 2.24 bits per heavy atom. The molecule has 0 saturated carbocycles. The number of nitrogens with zero attached hydrogens (tertiary/aromatic N) is 2. The summed E-state index contributed by atoms with van der Waals surface area (Å²) in [5.41, 5.74) is 2.04. The van der Waals surface area contributed by atoms with E-state index in [1.165, 1.54) is 12.1 Å². The monoisotopic (exact) mass is 695 g/mol. The lowest BCUT2D eigenvalue weighted by molar-refractivity contribution is -0.141. The van der Waals surface area contributed by atoms with Gasteiger partial charge in [0.25, 0.3) is 0 Å². The first-order valence-corrected chi connectivity index (χ1v) is 17.0. The van der Waals surface area contributed by atoms with Gasteiger partial charge in [0, 0.05) is 42.0 Å². The minimum Gasteiger partial charge on any atom is -0.354 e. The van der Waals surface area contributed by atoms with Crippen molar-refractivity contribution in [1.82, 2.24) is 10.2 Å². The highest BCUT2D eigenvalue weighted by Crippen LogP contribution is 2.31. The Bertz CT molecular complexity index is 1450. The number of hydrogen-bond donors (Lipinski definition) is 1. The summed E-state index contributed by atoms with van der Waals surface area (Å²) in [5, 5.41) is 3.58. The highest BCUT2D eigenvalue weighted by Gasteiger charge is 2.31. The molecule has 3 rings (SSSR count). The molecule has 0 aliphatic heterocycles. The van der Waals surface area contributed by atoms with E-state index < -0.39 is 16.1 Å². The number of anilines is 1. The van der Waals surface area contributed by atoms with Gasteiger partial charge in [-0.15, -0.1) is 0 Å². The fourth-order valence-electron chi connectivity index (χ4n) is 4.42. The lowest BCUT2D eigenvalue weighted by Gasteiger charge is -2.32. The summed E-state index contributed by atoms with van der Waals surface area (Å²) in [5.74, 6) is -0.257. The van der Waals surface area contributed by atoms with Crippen molar-refractivity contribution in [2.24, 2.45) is 5.92 Å². The van der Waals surface area contributed by atoms with Crippen molar-refractivity contribution in [2.75, 3.05) is 23.7 Å². The maximum atomic E-state index is 13.9. The van der Waals surface area contributed by atoms with E-state index in [9.17, 15) is 18.0 Å². The maximum absolute atomic E-state index is 13.9. The third-order valence-electron chi connectivity index (χ3n) is 6.55. The third-order valence-corrected chi connectivity index (χ3v) is 8.81. The molecule has 1 N–H and O–H groups in total. The van der Waals surface area contributed by atoms with E-state index in [1.54, 1.807) is 11.0 Å². The van der Waals surface area contributed by atoms with Gasteiger partial charge in [-0.25, -0.2) is 8.42 Å². The van der Waals surface area contributed by atoms with E-state index in [0.29, 0.717) is 18.0 Å². The first kappa shape index (κ1) is 33.9. The quantitative estimate of drug-likeness (QED) is 0.203. The summed E-state index contributed by atoms with van der Waals surface area (Å²) in [7, 11) is -3.72. The largest absolute Gasteiger partial charge is 0.354 e. The average Bonchev–Trinajstić information content (AvgIpc) is 2.94. The third kappa shape index (κ3) is 10.3. The second kappa shape index (κ2) is 15.8. The van der Waals surface area contributed by atoms with Crippen LogP contribution < -0.4 is 9.62 Å². The lowest BCUT2D eigenvalue weighted by atomic mass is 10.0. The summed E-state index contributed by atoms with van der Waals surface area (Å²) in [4.78, 5) is 29.1. The molecule has 0 aliphatic rings. The predicted octanol–water partition coefficient (Wildman–Crippen LogP) is 6.71. The van der Waals surface area contributed by atoms with Crippen LogP contribution in [0.2, 0.25) is 10.0 Å². The summed E-state index contributed by atoms with van der Waals surface area (Å²) < 4.78 is 27.4. The lowest BCUT2D eigenvalue weighted by Crippen LogP contribution is -2.51. The van der Waals surface area contributed by atoms with Crippen molar-refractivity contribution < 1.29 is 18.0 Å². The minimum absolute atomic E-state index is 0.0135. The van der Waals surface area contributed by atoms with Gasteiger partial charge in [-0.3, -0.25) is 13.9 Å². The van der Waals surface area contributed by atoms with Gasteiger partial charge in [-0.05, 0) is 53.8 Å². The number of carbonyl (C=O) groups is 2. The van der Waals surface area contributed by atoms with Crippen LogP contribution in [0.25, 0.3) is 0 Å². The number of hydrogen-bond acceptors (Lipinski definition) is 4. The van der Waals surface area contributed by atoms with Crippen LogP contribution in [0.15, 0.2) is 77.3 Å². The second-order valence-corrected chi connectivity index (χ2v) is 14.2. The van der Waals surface area contributed by atoms with Gasteiger partial charge in [-0.1, -0.05) is 95.4 Å². The molecule has 0 spiro atoms. The molecule has 0 saturated heterocycles. The highest BCUT2D eigenvalue weighted by molar-refractivity contribution is 9.10. The zero-order valence-electron chi connectivity index (χ0n) is 23.9. The highest BCUT2D eigenvalue weighted by atomic mass is 79.9. The predicted molar refractivity (Wildman–Crippen MR) is 174 cm³/mol. The van der Waals surface area contributed by atoms with Crippen molar-refractivity contribution in [3.8, 4) is 0 Å². The Hall–Kier alpha value is -2.59. The fourth-order valence-corrected chi connectivity index (χ4v) is 6.09. The van der Waals surface area contributed by atoms with Gasteiger partial charge in [0.1, 0.15) is 6.04 Å². The first-order valence-electron chi connectivity index (χ1n) is 13.6. The number of halogens is 3. The molecule has 0 fully saturated rings. The molecule has 2 amide bonds. The molecule has 42 heavy (non-hydrogen) atoms. The Balaban J connectivity index is 1.89. The van der Waals surface area contributed by atoms with Crippen LogP contribution in [0.3, 0.4) is 0 Å². The minimum atomic E-state index is -3.72. The molecular weight excluding hydrogens is 661 g/mol. The molecule has 1 atom stereocenters. The zero-order chi connectivity index (χ0) is 30.9.